The van der Waals surface area contributed by atoms with Crippen LogP contribution in [0.2, 0.25) is 0 Å². The third-order valence-corrected chi connectivity index (χ3v) is 6.59. The van der Waals surface area contributed by atoms with Crippen LogP contribution in [0.3, 0.4) is 0 Å². The number of carbonyl (C=O) groups is 2. The van der Waals surface area contributed by atoms with Gasteiger partial charge in [-0.05, 0) is 29.1 Å². The molecule has 2 rings (SSSR count). The number of alkyl halides is 2. The van der Waals surface area contributed by atoms with Crippen LogP contribution in [0.5, 0.6) is 5.75 Å². The van der Waals surface area contributed by atoms with Crippen LogP contribution in [0, 0.1) is 0 Å². The average molecular weight is 462 g/mol. The molecule has 1 N–H and O–H groups in total. The third-order valence-electron chi connectivity index (χ3n) is 3.73. The summed E-state index contributed by atoms with van der Waals surface area (Å²) in [5.74, 6) is -1.19. The number of sulfonamides is 1. The predicted molar refractivity (Wildman–Crippen MR) is 105 cm³/mol. The molecule has 164 valence electrons. The largest absolute Gasteiger partial charge is 0.456 e. The van der Waals surface area contributed by atoms with Gasteiger partial charge in [0, 0.05) is 20.1 Å². The van der Waals surface area contributed by atoms with E-state index in [0.717, 1.165) is 11.3 Å². The molecule has 0 radical (unpaired) electrons. The van der Waals surface area contributed by atoms with Crippen LogP contribution in [-0.4, -0.2) is 52.0 Å². The highest BCUT2D eigenvalue weighted by atomic mass is 32.2. The van der Waals surface area contributed by atoms with E-state index < -0.39 is 35.1 Å². The fourth-order valence-corrected chi connectivity index (χ4v) is 4.31. The van der Waals surface area contributed by atoms with Gasteiger partial charge in [-0.1, -0.05) is 18.2 Å². The zero-order valence-electron chi connectivity index (χ0n) is 15.9. The van der Waals surface area contributed by atoms with E-state index >= 15 is 0 Å². The summed E-state index contributed by atoms with van der Waals surface area (Å²) in [6.45, 7) is -3.40. The van der Waals surface area contributed by atoms with Gasteiger partial charge in [0.2, 0.25) is 10.0 Å². The summed E-state index contributed by atoms with van der Waals surface area (Å²) in [5, 5.41) is 1.62. The van der Waals surface area contributed by atoms with Crippen molar-refractivity contribution in [3.8, 4) is 5.75 Å². The molecule has 12 heteroatoms. The molecule has 0 aliphatic rings. The Morgan fingerprint density at radius 1 is 1.20 bits per heavy atom. The highest BCUT2D eigenvalue weighted by molar-refractivity contribution is 7.91. The first kappa shape index (κ1) is 23.7. The van der Waals surface area contributed by atoms with Gasteiger partial charge in [-0.15, -0.1) is 11.3 Å². The van der Waals surface area contributed by atoms with Crippen LogP contribution in [0.15, 0.2) is 46.0 Å². The third kappa shape index (κ3) is 7.69. The Morgan fingerprint density at radius 2 is 1.90 bits per heavy atom. The first-order valence-corrected chi connectivity index (χ1v) is 11.0. The van der Waals surface area contributed by atoms with Gasteiger partial charge in [0.25, 0.3) is 5.91 Å². The summed E-state index contributed by atoms with van der Waals surface area (Å²) >= 11 is 1.05. The maximum atomic E-state index is 12.1. The quantitative estimate of drug-likeness (QED) is 0.514. The summed E-state index contributed by atoms with van der Waals surface area (Å²) in [4.78, 5) is 25.1. The van der Waals surface area contributed by atoms with Crippen LogP contribution in [0.4, 0.5) is 8.78 Å². The minimum atomic E-state index is -3.67. The Hall–Kier alpha value is -2.57. The molecule has 0 saturated heterocycles. The maximum Gasteiger partial charge on any atom is 0.387 e. The van der Waals surface area contributed by atoms with Crippen molar-refractivity contribution >= 4 is 33.2 Å². The molecule has 1 amide bonds. The van der Waals surface area contributed by atoms with E-state index in [0.29, 0.717) is 5.56 Å². The van der Waals surface area contributed by atoms with E-state index in [2.05, 4.69) is 9.46 Å². The number of nitrogens with zero attached hydrogens (tertiary/aromatic N) is 1. The minimum Gasteiger partial charge on any atom is -0.456 e. The zero-order valence-corrected chi connectivity index (χ0v) is 17.5. The molecule has 0 aliphatic heterocycles. The fourth-order valence-electron chi connectivity index (χ4n) is 2.24. The van der Waals surface area contributed by atoms with E-state index in [-0.39, 0.29) is 29.5 Å². The molecule has 30 heavy (non-hydrogen) atoms. The van der Waals surface area contributed by atoms with Crippen molar-refractivity contribution < 1.29 is 36.3 Å². The highest BCUT2D eigenvalue weighted by Crippen LogP contribution is 2.16. The maximum absolute atomic E-state index is 12.1. The molecule has 0 atom stereocenters. The number of likely N-dealkylation sites (N-methyl/N-ethyl adjacent to an activating group) is 1. The first-order valence-electron chi connectivity index (χ1n) is 8.64. The second-order valence-electron chi connectivity index (χ2n) is 6.01. The lowest BCUT2D eigenvalue weighted by molar-refractivity contribution is -0.151. The number of thiophene rings is 1. The van der Waals surface area contributed by atoms with Crippen molar-refractivity contribution in [2.75, 3.05) is 20.2 Å². The van der Waals surface area contributed by atoms with Crippen molar-refractivity contribution in [1.29, 1.82) is 0 Å². The molecule has 8 nitrogen and oxygen atoms in total. The standard InChI is InChI=1S/C18H20F2N2O6S2/c1-22(11-13-4-6-14(7-5-13)28-18(19)20)15(23)12-27-16(24)8-9-21-30(25,26)17-3-2-10-29-17/h2-7,10,18,21H,8-9,11-12H2,1H3. The number of ether oxygens (including phenoxy) is 2. The van der Waals surface area contributed by atoms with Gasteiger partial charge in [0.05, 0.1) is 6.42 Å². The van der Waals surface area contributed by atoms with E-state index in [9.17, 15) is 26.8 Å². The molecule has 0 saturated carbocycles. The highest BCUT2D eigenvalue weighted by Gasteiger charge is 2.16. The Morgan fingerprint density at radius 3 is 2.50 bits per heavy atom. The van der Waals surface area contributed by atoms with Crippen molar-refractivity contribution in [3.63, 3.8) is 0 Å². The SMILES string of the molecule is CN(Cc1ccc(OC(F)F)cc1)C(=O)COC(=O)CCNS(=O)(=O)c1cccs1. The molecule has 1 aromatic heterocycles. The second-order valence-corrected chi connectivity index (χ2v) is 8.95. The van der Waals surface area contributed by atoms with Crippen LogP contribution in [0.25, 0.3) is 0 Å². The molecule has 0 aliphatic carbocycles. The van der Waals surface area contributed by atoms with Gasteiger partial charge in [-0.3, -0.25) is 9.59 Å². The fraction of sp³-hybridized carbons (Fsp3) is 0.333. The normalized spacial score (nSPS) is 11.3. The number of benzene rings is 1. The summed E-state index contributed by atoms with van der Waals surface area (Å²) in [6.07, 6.45) is -0.229. The smallest absolute Gasteiger partial charge is 0.387 e. The van der Waals surface area contributed by atoms with Crippen LogP contribution in [-0.2, 0) is 30.9 Å². The molecule has 1 aromatic carbocycles. The minimum absolute atomic E-state index is 0.00589. The second kappa shape index (κ2) is 11.0. The number of nitrogens with one attached hydrogen (secondary N) is 1. The van der Waals surface area contributed by atoms with E-state index in [1.165, 1.54) is 42.3 Å². The molecule has 0 spiro atoms. The summed E-state index contributed by atoms with van der Waals surface area (Å²) in [6, 6.07) is 8.83. The summed E-state index contributed by atoms with van der Waals surface area (Å²) < 4.78 is 59.6. The van der Waals surface area contributed by atoms with Gasteiger partial charge in [0.1, 0.15) is 9.96 Å². The van der Waals surface area contributed by atoms with Crippen molar-refractivity contribution in [3.05, 3.63) is 47.3 Å². The lowest BCUT2D eigenvalue weighted by Crippen LogP contribution is -2.31. The average Bonchev–Trinajstić information content (AvgIpc) is 3.23. The number of rotatable bonds is 11. The Labute approximate surface area is 176 Å². The number of hydrogen-bond donors (Lipinski definition) is 1. The van der Waals surface area contributed by atoms with Crippen molar-refractivity contribution in [2.24, 2.45) is 0 Å². The van der Waals surface area contributed by atoms with Gasteiger partial charge in [-0.2, -0.15) is 8.78 Å². The monoisotopic (exact) mass is 462 g/mol. The van der Waals surface area contributed by atoms with E-state index in [4.69, 9.17) is 4.74 Å². The van der Waals surface area contributed by atoms with Gasteiger partial charge in [0.15, 0.2) is 6.61 Å². The van der Waals surface area contributed by atoms with Gasteiger partial charge in [-0.25, -0.2) is 13.1 Å². The van der Waals surface area contributed by atoms with Gasteiger partial charge >= 0.3 is 12.6 Å². The summed E-state index contributed by atoms with van der Waals surface area (Å²) in [5.41, 5.74) is 0.668. The molecule has 0 unspecified atom stereocenters. The van der Waals surface area contributed by atoms with Crippen LogP contribution in [0.1, 0.15) is 12.0 Å². The molecule has 2 aromatic rings. The Bertz CT molecular complexity index is 934. The molecule has 0 fully saturated rings. The predicted octanol–water partition coefficient (Wildman–Crippen LogP) is 2.22. The zero-order chi connectivity index (χ0) is 22.1. The lowest BCUT2D eigenvalue weighted by atomic mass is 10.2. The van der Waals surface area contributed by atoms with Crippen molar-refractivity contribution in [2.45, 2.75) is 23.8 Å². The van der Waals surface area contributed by atoms with Crippen LogP contribution < -0.4 is 9.46 Å². The molecular formula is C18H20F2N2O6S2. The molecule has 1 heterocycles. The molecule has 0 bridgehead atoms. The Kier molecular flexibility index (Phi) is 8.69. The number of hydrogen-bond acceptors (Lipinski definition) is 7. The number of amides is 1. The topological polar surface area (TPSA) is 102 Å². The van der Waals surface area contributed by atoms with E-state index in [1.54, 1.807) is 11.4 Å². The molecular weight excluding hydrogens is 442 g/mol. The van der Waals surface area contributed by atoms with Crippen LogP contribution >= 0.6 is 11.3 Å². The Balaban J connectivity index is 1.70. The van der Waals surface area contributed by atoms with Gasteiger partial charge < -0.3 is 14.4 Å². The number of carbonyl (C=O) groups excluding carboxylic acids is 2. The number of esters is 1. The summed E-state index contributed by atoms with van der Waals surface area (Å²) in [7, 11) is -2.17. The lowest BCUT2D eigenvalue weighted by Gasteiger charge is -2.17. The first-order chi connectivity index (χ1) is 14.2. The number of halogens is 2. The van der Waals surface area contributed by atoms with Crippen molar-refractivity contribution in [1.82, 2.24) is 9.62 Å². The van der Waals surface area contributed by atoms with E-state index in [1.807, 2.05) is 0 Å².